The Morgan fingerprint density at radius 3 is 1.82 bits per heavy atom. The number of nitrogens with zero attached hydrogens (tertiary/aromatic N) is 4. The zero-order chi connectivity index (χ0) is 36.7. The summed E-state index contributed by atoms with van der Waals surface area (Å²) >= 11 is 0. The lowest BCUT2D eigenvalue weighted by Gasteiger charge is -2.15. The minimum atomic E-state index is 0.806. The Balaban J connectivity index is 1.18. The second kappa shape index (κ2) is 12.0. The van der Waals surface area contributed by atoms with Crippen LogP contribution in [-0.2, 0) is 0 Å². The van der Waals surface area contributed by atoms with Crippen molar-refractivity contribution in [3.05, 3.63) is 194 Å². The molecule has 260 valence electrons. The number of hydrogen-bond acceptors (Lipinski definition) is 2. The molecule has 12 aromatic rings. The van der Waals surface area contributed by atoms with Crippen LogP contribution in [0.15, 0.2) is 194 Å². The average molecular weight is 713 g/mol. The Morgan fingerprint density at radius 1 is 0.321 bits per heavy atom. The number of benzene rings is 9. The molecular formula is C52H32N4. The first-order chi connectivity index (χ1) is 27.8. The van der Waals surface area contributed by atoms with E-state index >= 15 is 0 Å². The van der Waals surface area contributed by atoms with Gasteiger partial charge in [-0.25, -0.2) is 9.97 Å². The summed E-state index contributed by atoms with van der Waals surface area (Å²) in [6, 6.07) is 69.6. The monoisotopic (exact) mass is 712 g/mol. The van der Waals surface area contributed by atoms with Gasteiger partial charge in [-0.15, -0.1) is 0 Å². The summed E-state index contributed by atoms with van der Waals surface area (Å²) in [5, 5.41) is 9.75. The Morgan fingerprint density at radius 2 is 0.964 bits per heavy atom. The van der Waals surface area contributed by atoms with E-state index in [0.717, 1.165) is 50.4 Å². The van der Waals surface area contributed by atoms with Crippen molar-refractivity contribution in [1.29, 1.82) is 0 Å². The van der Waals surface area contributed by atoms with Gasteiger partial charge in [0.1, 0.15) is 5.69 Å². The standard InChI is InChI=1S/C52H32N4/c1-2-13-33(14-3-1)35-18-12-19-38(29-35)51-52(54-45-23-10-9-22-44(45)53-51)56-47-28-26-39(32-43(47)50-40-20-7-6-15-34(40)25-27-48(50)56)55-46-24-11-8-21-41(46)42-30-36-16-4-5-17-37(36)31-49(42)55/h1-32H. The number of para-hydroxylation sites is 3. The molecule has 3 aromatic heterocycles. The molecule has 0 aliphatic heterocycles. The smallest absolute Gasteiger partial charge is 0.165 e. The van der Waals surface area contributed by atoms with Crippen molar-refractivity contribution in [2.45, 2.75) is 0 Å². The molecule has 0 aliphatic rings. The Bertz CT molecular complexity index is 3540. The van der Waals surface area contributed by atoms with Crippen LogP contribution in [0, 0.1) is 0 Å². The molecule has 4 nitrogen and oxygen atoms in total. The van der Waals surface area contributed by atoms with Gasteiger partial charge in [-0.2, -0.15) is 0 Å². The maximum Gasteiger partial charge on any atom is 0.165 e. The van der Waals surface area contributed by atoms with Crippen LogP contribution >= 0.6 is 0 Å². The highest BCUT2D eigenvalue weighted by Crippen LogP contribution is 2.42. The predicted octanol–water partition coefficient (Wildman–Crippen LogP) is 13.5. The number of hydrogen-bond donors (Lipinski definition) is 0. The van der Waals surface area contributed by atoms with Gasteiger partial charge < -0.3 is 4.57 Å². The van der Waals surface area contributed by atoms with Crippen LogP contribution in [0.2, 0.25) is 0 Å². The van der Waals surface area contributed by atoms with E-state index in [4.69, 9.17) is 9.97 Å². The quantitative estimate of drug-likeness (QED) is 0.182. The van der Waals surface area contributed by atoms with Crippen molar-refractivity contribution in [3.8, 4) is 33.9 Å². The first kappa shape index (κ1) is 30.9. The normalized spacial score (nSPS) is 11.9. The molecule has 0 radical (unpaired) electrons. The van der Waals surface area contributed by atoms with Crippen molar-refractivity contribution in [2.75, 3.05) is 0 Å². The van der Waals surface area contributed by atoms with Gasteiger partial charge in [0.2, 0.25) is 0 Å². The zero-order valence-electron chi connectivity index (χ0n) is 30.3. The van der Waals surface area contributed by atoms with Crippen LogP contribution in [0.25, 0.3) is 110 Å². The third kappa shape index (κ3) is 4.60. The minimum absolute atomic E-state index is 0.806. The molecule has 0 spiro atoms. The first-order valence-corrected chi connectivity index (χ1v) is 19.1. The number of fused-ring (bicyclic) bond motifs is 10. The molecule has 0 aliphatic carbocycles. The van der Waals surface area contributed by atoms with E-state index in [1.165, 1.54) is 59.7 Å². The molecular weight excluding hydrogens is 681 g/mol. The number of aromatic nitrogens is 4. The van der Waals surface area contributed by atoms with Gasteiger partial charge in [0.05, 0.1) is 33.1 Å². The lowest BCUT2D eigenvalue weighted by atomic mass is 10.0. The maximum absolute atomic E-state index is 5.46. The molecule has 0 unspecified atom stereocenters. The molecule has 12 rings (SSSR count). The third-order valence-corrected chi connectivity index (χ3v) is 11.4. The van der Waals surface area contributed by atoms with Gasteiger partial charge >= 0.3 is 0 Å². The Hall–Kier alpha value is -7.56. The average Bonchev–Trinajstić information content (AvgIpc) is 3.77. The largest absolute Gasteiger partial charge is 0.309 e. The zero-order valence-corrected chi connectivity index (χ0v) is 30.3. The van der Waals surface area contributed by atoms with Crippen molar-refractivity contribution in [2.24, 2.45) is 0 Å². The Kier molecular flexibility index (Phi) is 6.60. The van der Waals surface area contributed by atoms with Gasteiger partial charge in [-0.3, -0.25) is 4.57 Å². The molecule has 0 bridgehead atoms. The highest BCUT2D eigenvalue weighted by atomic mass is 15.1. The number of rotatable bonds is 4. The summed E-state index contributed by atoms with van der Waals surface area (Å²) in [6.45, 7) is 0. The molecule has 4 heteroatoms. The van der Waals surface area contributed by atoms with E-state index in [9.17, 15) is 0 Å². The van der Waals surface area contributed by atoms with E-state index in [2.05, 4.69) is 191 Å². The summed E-state index contributed by atoms with van der Waals surface area (Å²) in [7, 11) is 0. The molecule has 3 heterocycles. The van der Waals surface area contributed by atoms with Crippen molar-refractivity contribution >= 4 is 76.2 Å². The van der Waals surface area contributed by atoms with Crippen LogP contribution in [0.4, 0.5) is 0 Å². The van der Waals surface area contributed by atoms with Crippen LogP contribution in [0.3, 0.4) is 0 Å². The summed E-state index contributed by atoms with van der Waals surface area (Å²) in [4.78, 5) is 10.8. The van der Waals surface area contributed by atoms with Gasteiger partial charge in [0.15, 0.2) is 5.82 Å². The van der Waals surface area contributed by atoms with Crippen molar-refractivity contribution in [1.82, 2.24) is 19.1 Å². The van der Waals surface area contributed by atoms with Crippen LogP contribution in [0.1, 0.15) is 0 Å². The van der Waals surface area contributed by atoms with E-state index in [0.29, 0.717) is 0 Å². The van der Waals surface area contributed by atoms with E-state index in [-0.39, 0.29) is 0 Å². The van der Waals surface area contributed by atoms with Gasteiger partial charge in [0, 0.05) is 32.8 Å². The molecule has 0 amide bonds. The molecule has 0 atom stereocenters. The molecule has 0 saturated carbocycles. The third-order valence-electron chi connectivity index (χ3n) is 11.4. The van der Waals surface area contributed by atoms with Crippen molar-refractivity contribution in [3.63, 3.8) is 0 Å². The summed E-state index contributed by atoms with van der Waals surface area (Å²) in [6.07, 6.45) is 0. The van der Waals surface area contributed by atoms with E-state index in [1.807, 2.05) is 12.1 Å². The van der Waals surface area contributed by atoms with Gasteiger partial charge in [-0.05, 0) is 93.3 Å². The molecule has 0 fully saturated rings. The molecule has 0 saturated heterocycles. The molecule has 0 N–H and O–H groups in total. The lowest BCUT2D eigenvalue weighted by molar-refractivity contribution is 1.08. The SMILES string of the molecule is c1ccc(-c2cccc(-c3nc4ccccc4nc3-n3c4ccc(-n5c6ccccc6c6cc7ccccc7cc65)cc4c4c5ccccc5ccc43)c2)cc1. The molecule has 56 heavy (non-hydrogen) atoms. The van der Waals surface area contributed by atoms with Crippen LogP contribution in [0.5, 0.6) is 0 Å². The summed E-state index contributed by atoms with van der Waals surface area (Å²) < 4.78 is 4.77. The second-order valence-electron chi connectivity index (χ2n) is 14.6. The predicted molar refractivity (Wildman–Crippen MR) is 234 cm³/mol. The minimum Gasteiger partial charge on any atom is -0.309 e. The summed E-state index contributed by atoms with van der Waals surface area (Å²) in [5.74, 6) is 0.806. The van der Waals surface area contributed by atoms with Gasteiger partial charge in [-0.1, -0.05) is 133 Å². The van der Waals surface area contributed by atoms with E-state index < -0.39 is 0 Å². The van der Waals surface area contributed by atoms with Crippen LogP contribution < -0.4 is 0 Å². The lowest BCUT2D eigenvalue weighted by Crippen LogP contribution is -2.04. The van der Waals surface area contributed by atoms with E-state index in [1.54, 1.807) is 0 Å². The fourth-order valence-corrected chi connectivity index (χ4v) is 8.90. The Labute approximate surface area is 322 Å². The summed E-state index contributed by atoms with van der Waals surface area (Å²) in [5.41, 5.74) is 11.6. The van der Waals surface area contributed by atoms with Gasteiger partial charge in [0.25, 0.3) is 0 Å². The van der Waals surface area contributed by atoms with Crippen molar-refractivity contribution < 1.29 is 0 Å². The fourth-order valence-electron chi connectivity index (χ4n) is 8.90. The second-order valence-corrected chi connectivity index (χ2v) is 14.6. The highest BCUT2D eigenvalue weighted by molar-refractivity contribution is 6.22. The van der Waals surface area contributed by atoms with Crippen LogP contribution in [-0.4, -0.2) is 19.1 Å². The fraction of sp³-hybridized carbons (Fsp3) is 0. The topological polar surface area (TPSA) is 35.6 Å². The highest BCUT2D eigenvalue weighted by Gasteiger charge is 2.22. The maximum atomic E-state index is 5.46. The first-order valence-electron chi connectivity index (χ1n) is 19.1. The molecule has 9 aromatic carbocycles.